The number of hydrogen-bond acceptors (Lipinski definition) is 3. The lowest BCUT2D eigenvalue weighted by molar-refractivity contribution is -0.128. The zero-order chi connectivity index (χ0) is 14.3. The minimum atomic E-state index is -0.397. The quantitative estimate of drug-likeness (QED) is 0.915. The predicted molar refractivity (Wildman–Crippen MR) is 72.7 cm³/mol. The average Bonchev–Trinajstić information content (AvgIpc) is 3.00. The second kappa shape index (κ2) is 5.05. The first-order valence-electron chi connectivity index (χ1n) is 6.96. The highest BCUT2D eigenvalue weighted by Crippen LogP contribution is 2.40. The summed E-state index contributed by atoms with van der Waals surface area (Å²) in [6, 6.07) is 4.85. The van der Waals surface area contributed by atoms with Gasteiger partial charge < -0.3 is 9.64 Å². The van der Waals surface area contributed by atoms with Crippen LogP contribution in [0.25, 0.3) is 0 Å². The van der Waals surface area contributed by atoms with E-state index in [4.69, 9.17) is 4.74 Å². The van der Waals surface area contributed by atoms with Crippen LogP contribution in [0.15, 0.2) is 18.2 Å². The normalized spacial score (nSPS) is 28.9. The molecule has 3 rings (SSSR count). The van der Waals surface area contributed by atoms with E-state index in [1.165, 1.54) is 19.6 Å². The summed E-state index contributed by atoms with van der Waals surface area (Å²) in [7, 11) is 1.44. The number of ether oxygens (including phenoxy) is 1. The van der Waals surface area contributed by atoms with Gasteiger partial charge in [0.25, 0.3) is 0 Å². The maximum Gasteiger partial charge on any atom is 0.238 e. The molecule has 1 aromatic rings. The van der Waals surface area contributed by atoms with Crippen LogP contribution in [0, 0.1) is 17.7 Å². The lowest BCUT2D eigenvalue weighted by Gasteiger charge is -2.25. The van der Waals surface area contributed by atoms with Crippen LogP contribution in [0.1, 0.15) is 25.1 Å². The first kappa shape index (κ1) is 13.4. The highest BCUT2D eigenvalue weighted by atomic mass is 19.1. The van der Waals surface area contributed by atoms with Crippen molar-refractivity contribution in [1.29, 1.82) is 0 Å². The zero-order valence-electron chi connectivity index (χ0n) is 11.7. The minimum Gasteiger partial charge on any atom is -0.494 e. The fourth-order valence-corrected chi connectivity index (χ4v) is 2.80. The summed E-state index contributed by atoms with van der Waals surface area (Å²) in [4.78, 5) is 13.8. The van der Waals surface area contributed by atoms with Crippen LogP contribution < -0.4 is 10.1 Å². The molecule has 3 atom stereocenters. The van der Waals surface area contributed by atoms with Crippen LogP contribution in [0.4, 0.5) is 4.39 Å². The lowest BCUT2D eigenvalue weighted by Crippen LogP contribution is -2.32. The smallest absolute Gasteiger partial charge is 0.238 e. The Balaban J connectivity index is 1.80. The van der Waals surface area contributed by atoms with Gasteiger partial charge in [0.1, 0.15) is 6.17 Å². The summed E-state index contributed by atoms with van der Waals surface area (Å²) < 4.78 is 18.7. The van der Waals surface area contributed by atoms with Crippen LogP contribution in [0.5, 0.6) is 5.75 Å². The Hall–Kier alpha value is -1.62. The van der Waals surface area contributed by atoms with Crippen molar-refractivity contribution >= 4 is 5.91 Å². The third-order valence-electron chi connectivity index (χ3n) is 4.28. The van der Waals surface area contributed by atoms with Crippen molar-refractivity contribution in [3.63, 3.8) is 0 Å². The van der Waals surface area contributed by atoms with E-state index in [0.29, 0.717) is 18.4 Å². The van der Waals surface area contributed by atoms with Gasteiger partial charge in [-0.2, -0.15) is 0 Å². The van der Waals surface area contributed by atoms with E-state index >= 15 is 0 Å². The van der Waals surface area contributed by atoms with Crippen molar-refractivity contribution < 1.29 is 13.9 Å². The number of amides is 1. The summed E-state index contributed by atoms with van der Waals surface area (Å²) in [5.41, 5.74) is 0.766. The second-order valence-electron chi connectivity index (χ2n) is 5.70. The van der Waals surface area contributed by atoms with Gasteiger partial charge in [-0.15, -0.1) is 0 Å². The van der Waals surface area contributed by atoms with E-state index in [0.717, 1.165) is 12.1 Å². The summed E-state index contributed by atoms with van der Waals surface area (Å²) >= 11 is 0. The summed E-state index contributed by atoms with van der Waals surface area (Å²) in [6.07, 6.45) is 0.948. The number of carbonyl (C=O) groups is 1. The van der Waals surface area contributed by atoms with Gasteiger partial charge in [0.15, 0.2) is 11.6 Å². The third kappa shape index (κ3) is 2.38. The van der Waals surface area contributed by atoms with Gasteiger partial charge in [0, 0.05) is 6.54 Å². The average molecular weight is 278 g/mol. The van der Waals surface area contributed by atoms with Crippen LogP contribution >= 0.6 is 0 Å². The molecule has 0 bridgehead atoms. The van der Waals surface area contributed by atoms with Crippen molar-refractivity contribution in [2.24, 2.45) is 11.8 Å². The van der Waals surface area contributed by atoms with Gasteiger partial charge in [-0.25, -0.2) is 4.39 Å². The number of halogens is 1. The Bertz CT molecular complexity index is 535. The Morgan fingerprint density at radius 1 is 1.50 bits per heavy atom. The molecule has 108 valence electrons. The fraction of sp³-hybridized carbons (Fsp3) is 0.533. The monoisotopic (exact) mass is 278 g/mol. The molecule has 1 aliphatic heterocycles. The number of methoxy groups -OCH3 is 1. The molecule has 1 aromatic carbocycles. The highest BCUT2D eigenvalue weighted by molar-refractivity contribution is 5.81. The van der Waals surface area contributed by atoms with Gasteiger partial charge >= 0.3 is 0 Å². The van der Waals surface area contributed by atoms with Crippen molar-refractivity contribution in [2.45, 2.75) is 19.5 Å². The maximum atomic E-state index is 13.8. The van der Waals surface area contributed by atoms with Crippen molar-refractivity contribution in [2.75, 3.05) is 20.2 Å². The fourth-order valence-electron chi connectivity index (χ4n) is 2.80. The molecule has 4 nitrogen and oxygen atoms in total. The van der Waals surface area contributed by atoms with Crippen molar-refractivity contribution in [1.82, 2.24) is 10.2 Å². The number of carbonyl (C=O) groups excluding carboxylic acids is 1. The maximum absolute atomic E-state index is 13.8. The third-order valence-corrected chi connectivity index (χ3v) is 4.28. The molecule has 1 saturated heterocycles. The Labute approximate surface area is 117 Å². The molecule has 1 aliphatic carbocycles. The van der Waals surface area contributed by atoms with Gasteiger partial charge in [0.05, 0.1) is 13.7 Å². The highest BCUT2D eigenvalue weighted by Gasteiger charge is 2.40. The zero-order valence-corrected chi connectivity index (χ0v) is 11.7. The van der Waals surface area contributed by atoms with Gasteiger partial charge in [-0.3, -0.25) is 10.1 Å². The molecule has 0 spiro atoms. The molecule has 1 N–H and O–H groups in total. The molecule has 1 heterocycles. The first-order valence-corrected chi connectivity index (χ1v) is 6.96. The Morgan fingerprint density at radius 3 is 2.85 bits per heavy atom. The van der Waals surface area contributed by atoms with E-state index in [2.05, 4.69) is 12.2 Å². The largest absolute Gasteiger partial charge is 0.494 e. The summed E-state index contributed by atoms with van der Waals surface area (Å²) in [5.74, 6) is 1.19. The molecule has 0 aromatic heterocycles. The molecule has 1 amide bonds. The molecule has 2 fully saturated rings. The van der Waals surface area contributed by atoms with Crippen LogP contribution in [0.2, 0.25) is 0 Å². The second-order valence-corrected chi connectivity index (χ2v) is 5.70. The molecule has 2 aliphatic rings. The van der Waals surface area contributed by atoms with E-state index in [9.17, 15) is 9.18 Å². The van der Waals surface area contributed by atoms with Gasteiger partial charge in [0.2, 0.25) is 5.91 Å². The summed E-state index contributed by atoms with van der Waals surface area (Å²) in [5, 5.41) is 3.15. The van der Waals surface area contributed by atoms with E-state index in [1.807, 2.05) is 11.0 Å². The molecular weight excluding hydrogens is 259 g/mol. The number of nitrogens with zero attached hydrogens (tertiary/aromatic N) is 1. The number of benzene rings is 1. The van der Waals surface area contributed by atoms with E-state index in [1.54, 1.807) is 6.07 Å². The molecule has 5 heteroatoms. The SMILES string of the molecule is COc1ccc(C2NCC(=O)N2CC2CC2C)cc1F. The van der Waals surface area contributed by atoms with Gasteiger partial charge in [-0.05, 0) is 36.0 Å². The lowest BCUT2D eigenvalue weighted by atomic mass is 10.1. The van der Waals surface area contributed by atoms with E-state index in [-0.39, 0.29) is 17.8 Å². The predicted octanol–water partition coefficient (Wildman–Crippen LogP) is 1.92. The molecule has 3 unspecified atom stereocenters. The van der Waals surface area contributed by atoms with Crippen molar-refractivity contribution in [3.8, 4) is 5.75 Å². The molecule has 0 radical (unpaired) electrons. The molecule has 20 heavy (non-hydrogen) atoms. The minimum absolute atomic E-state index is 0.0883. The Morgan fingerprint density at radius 2 is 2.25 bits per heavy atom. The Kier molecular flexibility index (Phi) is 3.38. The van der Waals surface area contributed by atoms with Crippen LogP contribution in [-0.4, -0.2) is 31.0 Å². The molecular formula is C15H19FN2O2. The molecule has 1 saturated carbocycles. The number of rotatable bonds is 4. The first-order chi connectivity index (χ1) is 9.60. The van der Waals surface area contributed by atoms with Crippen LogP contribution in [0.3, 0.4) is 0 Å². The van der Waals surface area contributed by atoms with Crippen LogP contribution in [-0.2, 0) is 4.79 Å². The summed E-state index contributed by atoms with van der Waals surface area (Å²) in [6.45, 7) is 3.27. The van der Waals surface area contributed by atoms with E-state index < -0.39 is 5.82 Å². The topological polar surface area (TPSA) is 41.6 Å². The van der Waals surface area contributed by atoms with Gasteiger partial charge in [-0.1, -0.05) is 13.0 Å². The standard InChI is InChI=1S/C15H19FN2O2/c1-9-5-11(9)8-18-14(19)7-17-15(18)10-3-4-13(20-2)12(16)6-10/h3-4,6,9,11,15,17H,5,7-8H2,1-2H3. The van der Waals surface area contributed by atoms with Crippen molar-refractivity contribution in [3.05, 3.63) is 29.6 Å². The number of nitrogens with one attached hydrogen (secondary N) is 1. The number of hydrogen-bond donors (Lipinski definition) is 1.